The molecule has 0 aliphatic carbocycles. The number of hydrogen-bond donors (Lipinski definition) is 3. The molecular formula is C12H23N3O4. The normalized spacial score (nSPS) is 14.1. The number of aliphatic carboxylic acids is 1. The van der Waals surface area contributed by atoms with Crippen LogP contribution in [0.1, 0.15) is 34.6 Å². The third-order valence-corrected chi connectivity index (χ3v) is 3.22. The van der Waals surface area contributed by atoms with Gasteiger partial charge < -0.3 is 21.1 Å². The molecule has 7 nitrogen and oxygen atoms in total. The van der Waals surface area contributed by atoms with Crippen LogP contribution in [0.4, 0.5) is 4.79 Å². The Kier molecular flexibility index (Phi) is 5.80. The number of urea groups is 1. The largest absolute Gasteiger partial charge is 0.480 e. The second-order valence-electron chi connectivity index (χ2n) is 5.27. The summed E-state index contributed by atoms with van der Waals surface area (Å²) in [6, 6.07) is -0.923. The summed E-state index contributed by atoms with van der Waals surface area (Å²) in [5.74, 6) is -1.99. The monoisotopic (exact) mass is 273 g/mol. The molecule has 0 aromatic heterocycles. The number of primary amides is 1. The Bertz CT molecular complexity index is 368. The van der Waals surface area contributed by atoms with Gasteiger partial charge in [-0.15, -0.1) is 0 Å². The smallest absolute Gasteiger partial charge is 0.323 e. The van der Waals surface area contributed by atoms with Gasteiger partial charge in [-0.2, -0.15) is 0 Å². The Balaban J connectivity index is 5.07. The predicted molar refractivity (Wildman–Crippen MR) is 70.4 cm³/mol. The number of carboxylic acid groups (broad SMARTS) is 1. The third-order valence-electron chi connectivity index (χ3n) is 3.22. The molecule has 0 fully saturated rings. The van der Waals surface area contributed by atoms with E-state index in [2.05, 4.69) is 5.32 Å². The maximum atomic E-state index is 12.1. The van der Waals surface area contributed by atoms with E-state index in [9.17, 15) is 14.4 Å². The standard InChI is InChI=1S/C12H23N3O4/c1-7(2)12(5,10(13)18)14-11(19)15(8(3)4)6-9(16)17/h7-8H,6H2,1-5H3,(H2,13,18)(H,14,19)(H,16,17). The molecule has 1 unspecified atom stereocenters. The molecule has 0 aromatic carbocycles. The van der Waals surface area contributed by atoms with E-state index in [1.165, 1.54) is 6.92 Å². The van der Waals surface area contributed by atoms with E-state index in [-0.39, 0.29) is 12.0 Å². The molecule has 0 heterocycles. The molecule has 0 aliphatic heterocycles. The first kappa shape index (κ1) is 17.2. The third kappa shape index (κ3) is 4.42. The van der Waals surface area contributed by atoms with Gasteiger partial charge in [-0.1, -0.05) is 13.8 Å². The highest BCUT2D eigenvalue weighted by atomic mass is 16.4. The van der Waals surface area contributed by atoms with Crippen LogP contribution in [0.15, 0.2) is 0 Å². The number of carbonyl (C=O) groups is 3. The predicted octanol–water partition coefficient (Wildman–Crippen LogP) is 0.391. The molecule has 0 aromatic rings. The van der Waals surface area contributed by atoms with Crippen molar-refractivity contribution >= 4 is 17.9 Å². The zero-order valence-corrected chi connectivity index (χ0v) is 12.1. The van der Waals surface area contributed by atoms with Crippen molar-refractivity contribution in [1.82, 2.24) is 10.2 Å². The maximum Gasteiger partial charge on any atom is 0.323 e. The van der Waals surface area contributed by atoms with Crippen molar-refractivity contribution in [3.8, 4) is 0 Å². The molecule has 1 atom stereocenters. The molecule has 3 amide bonds. The lowest BCUT2D eigenvalue weighted by Crippen LogP contribution is -2.62. The topological polar surface area (TPSA) is 113 Å². The van der Waals surface area contributed by atoms with Gasteiger partial charge in [0, 0.05) is 6.04 Å². The fraction of sp³-hybridized carbons (Fsp3) is 0.750. The number of rotatable bonds is 6. The van der Waals surface area contributed by atoms with E-state index < -0.39 is 30.0 Å². The van der Waals surface area contributed by atoms with Gasteiger partial charge >= 0.3 is 12.0 Å². The molecule has 0 saturated heterocycles. The fourth-order valence-corrected chi connectivity index (χ4v) is 1.42. The Morgan fingerprint density at radius 1 is 1.26 bits per heavy atom. The van der Waals surface area contributed by atoms with Crippen LogP contribution in [-0.2, 0) is 9.59 Å². The second-order valence-corrected chi connectivity index (χ2v) is 5.27. The number of hydrogen-bond acceptors (Lipinski definition) is 3. The summed E-state index contributed by atoms with van der Waals surface area (Å²) in [4.78, 5) is 35.4. The van der Waals surface area contributed by atoms with E-state index in [0.717, 1.165) is 4.90 Å². The minimum atomic E-state index is -1.22. The van der Waals surface area contributed by atoms with E-state index in [1.807, 2.05) is 0 Å². The Morgan fingerprint density at radius 2 is 1.74 bits per heavy atom. The molecule has 0 bridgehead atoms. The van der Waals surface area contributed by atoms with Crippen molar-refractivity contribution in [3.05, 3.63) is 0 Å². The summed E-state index contributed by atoms with van der Waals surface area (Å²) in [6.07, 6.45) is 0. The van der Waals surface area contributed by atoms with Crippen molar-refractivity contribution in [2.24, 2.45) is 11.7 Å². The average molecular weight is 273 g/mol. The van der Waals surface area contributed by atoms with Crippen LogP contribution in [0.25, 0.3) is 0 Å². The highest BCUT2D eigenvalue weighted by Gasteiger charge is 2.38. The SMILES string of the molecule is CC(C)N(CC(=O)O)C(=O)NC(C)(C(N)=O)C(C)C. The number of carbonyl (C=O) groups excluding carboxylic acids is 2. The van der Waals surface area contributed by atoms with Crippen molar-refractivity contribution in [1.29, 1.82) is 0 Å². The van der Waals surface area contributed by atoms with Crippen LogP contribution in [0.5, 0.6) is 0 Å². The van der Waals surface area contributed by atoms with Crippen LogP contribution in [0.3, 0.4) is 0 Å². The van der Waals surface area contributed by atoms with E-state index in [4.69, 9.17) is 10.8 Å². The van der Waals surface area contributed by atoms with Gasteiger partial charge in [0.2, 0.25) is 5.91 Å². The Hall–Kier alpha value is -1.79. The van der Waals surface area contributed by atoms with E-state index in [0.29, 0.717) is 0 Å². The van der Waals surface area contributed by atoms with Crippen molar-refractivity contribution in [2.45, 2.75) is 46.2 Å². The quantitative estimate of drug-likeness (QED) is 0.649. The number of carboxylic acids is 1. The summed E-state index contributed by atoms with van der Waals surface area (Å²) in [5.41, 5.74) is 4.09. The summed E-state index contributed by atoms with van der Waals surface area (Å²) in [7, 11) is 0. The van der Waals surface area contributed by atoms with Crippen molar-refractivity contribution in [3.63, 3.8) is 0 Å². The number of amides is 3. The van der Waals surface area contributed by atoms with Gasteiger partial charge in [0.15, 0.2) is 0 Å². The molecule has 19 heavy (non-hydrogen) atoms. The fourth-order valence-electron chi connectivity index (χ4n) is 1.42. The molecule has 0 aliphatic rings. The highest BCUT2D eigenvalue weighted by molar-refractivity contribution is 5.90. The van der Waals surface area contributed by atoms with Crippen molar-refractivity contribution in [2.75, 3.05) is 6.54 Å². The van der Waals surface area contributed by atoms with Gasteiger partial charge in [-0.05, 0) is 26.7 Å². The molecule has 0 spiro atoms. The zero-order valence-electron chi connectivity index (χ0n) is 12.1. The first-order chi connectivity index (χ1) is 8.52. The number of nitrogens with one attached hydrogen (secondary N) is 1. The minimum Gasteiger partial charge on any atom is -0.480 e. The van der Waals surface area contributed by atoms with E-state index >= 15 is 0 Å². The zero-order chi connectivity index (χ0) is 15.4. The summed E-state index contributed by atoms with van der Waals surface area (Å²) < 4.78 is 0. The van der Waals surface area contributed by atoms with Gasteiger partial charge in [-0.3, -0.25) is 9.59 Å². The molecule has 0 radical (unpaired) electrons. The van der Waals surface area contributed by atoms with Crippen LogP contribution in [-0.4, -0.2) is 46.0 Å². The lowest BCUT2D eigenvalue weighted by atomic mass is 9.88. The van der Waals surface area contributed by atoms with Crippen molar-refractivity contribution < 1.29 is 19.5 Å². The van der Waals surface area contributed by atoms with Crippen LogP contribution >= 0.6 is 0 Å². The van der Waals surface area contributed by atoms with Crippen LogP contribution in [0, 0.1) is 5.92 Å². The maximum absolute atomic E-state index is 12.1. The lowest BCUT2D eigenvalue weighted by molar-refractivity contribution is -0.138. The van der Waals surface area contributed by atoms with Gasteiger partial charge in [0.1, 0.15) is 12.1 Å². The number of nitrogens with zero attached hydrogens (tertiary/aromatic N) is 1. The van der Waals surface area contributed by atoms with Gasteiger partial charge in [0.25, 0.3) is 0 Å². The Labute approximate surface area is 113 Å². The molecular weight excluding hydrogens is 250 g/mol. The summed E-state index contributed by atoms with van der Waals surface area (Å²) in [5, 5.41) is 11.3. The Morgan fingerprint density at radius 3 is 2.00 bits per heavy atom. The van der Waals surface area contributed by atoms with Crippen LogP contribution < -0.4 is 11.1 Å². The summed E-state index contributed by atoms with van der Waals surface area (Å²) in [6.45, 7) is 7.98. The molecule has 4 N–H and O–H groups in total. The van der Waals surface area contributed by atoms with Crippen LogP contribution in [0.2, 0.25) is 0 Å². The number of nitrogens with two attached hydrogens (primary N) is 1. The molecule has 0 saturated carbocycles. The molecule has 0 rings (SSSR count). The molecule has 110 valence electrons. The van der Waals surface area contributed by atoms with Gasteiger partial charge in [0.05, 0.1) is 0 Å². The van der Waals surface area contributed by atoms with E-state index in [1.54, 1.807) is 27.7 Å². The lowest BCUT2D eigenvalue weighted by Gasteiger charge is -2.35. The second kappa shape index (κ2) is 6.40. The molecule has 7 heteroatoms. The van der Waals surface area contributed by atoms with Gasteiger partial charge in [-0.25, -0.2) is 4.79 Å². The highest BCUT2D eigenvalue weighted by Crippen LogP contribution is 2.16. The minimum absolute atomic E-state index is 0.215. The summed E-state index contributed by atoms with van der Waals surface area (Å²) >= 11 is 0. The first-order valence-corrected chi connectivity index (χ1v) is 6.12. The first-order valence-electron chi connectivity index (χ1n) is 6.12. The average Bonchev–Trinajstić information content (AvgIpc) is 2.24.